The quantitative estimate of drug-likeness (QED) is 0.339. The number of hydrogen-bond donors (Lipinski definition) is 2. The second-order valence-corrected chi connectivity index (χ2v) is 9.94. The molecule has 0 radical (unpaired) electrons. The molecule has 12 heteroatoms. The Morgan fingerprint density at radius 1 is 1.03 bits per heavy atom. The first-order chi connectivity index (χ1) is 16.7. The topological polar surface area (TPSA) is 149 Å². The summed E-state index contributed by atoms with van der Waals surface area (Å²) in [5.41, 5.74) is 0.924. The normalized spacial score (nSPS) is 12.2. The zero-order valence-corrected chi connectivity index (χ0v) is 20.5. The number of carbonyl (C=O) groups excluding carboxylic acids is 2. The molecule has 0 fully saturated rings. The highest BCUT2D eigenvalue weighted by atomic mass is 32.1. The Morgan fingerprint density at radius 2 is 1.80 bits per heavy atom. The number of hydrogen-bond acceptors (Lipinski definition) is 11. The molecule has 0 aliphatic rings. The Balaban J connectivity index is 1.39. The van der Waals surface area contributed by atoms with Gasteiger partial charge in [-0.05, 0) is 0 Å². The van der Waals surface area contributed by atoms with Crippen LogP contribution in [0.4, 0.5) is 17.5 Å². The molecule has 0 aliphatic heterocycles. The number of anilines is 3. The van der Waals surface area contributed by atoms with Gasteiger partial charge < -0.3 is 15.2 Å². The van der Waals surface area contributed by atoms with Crippen LogP contribution in [0.5, 0.6) is 0 Å². The number of aromatic nitrogens is 6. The van der Waals surface area contributed by atoms with Gasteiger partial charge in [0.15, 0.2) is 11.6 Å². The van der Waals surface area contributed by atoms with Gasteiger partial charge in [-0.15, -0.1) is 11.3 Å². The Labute approximate surface area is 205 Å². The number of nitrogens with zero attached hydrogens (tertiary/aromatic N) is 6. The number of amides is 1. The van der Waals surface area contributed by atoms with E-state index in [1.54, 1.807) is 18.2 Å². The smallest absolute Gasteiger partial charge is 0.268 e. The molecule has 1 amide bonds. The van der Waals surface area contributed by atoms with Crippen molar-refractivity contribution in [1.29, 1.82) is 0 Å². The first kappa shape index (κ1) is 24.1. The van der Waals surface area contributed by atoms with Crippen molar-refractivity contribution in [2.45, 2.75) is 45.4 Å². The Bertz CT molecular complexity index is 1330. The average Bonchev–Trinajstić information content (AvgIpc) is 3.51. The molecule has 0 aliphatic carbocycles. The van der Waals surface area contributed by atoms with Crippen molar-refractivity contribution in [1.82, 2.24) is 30.1 Å². The van der Waals surface area contributed by atoms with Gasteiger partial charge in [0, 0.05) is 36.0 Å². The molecular formula is C23H24N8O3S. The number of Topliss-reactive ketones (excluding diaryl/α,β-unsaturated/α-hetero) is 1. The van der Waals surface area contributed by atoms with Crippen LogP contribution in [-0.2, 0) is 5.41 Å². The molecule has 4 heterocycles. The van der Waals surface area contributed by atoms with Crippen LogP contribution in [-0.4, -0.2) is 41.8 Å². The standard InChI is InChI=1S/C23H24N8O3S/c1-13(7-15(32)14-8-19(27-11-25-14)29-18-5-6-34-31-18)22-24-10-16(35-22)21(33)30-20-9-17(23(2,3)4)26-12-28-20/h5-6,8-13H,7H2,1-4H3,(H,25,27,29,31)(H,26,28,30,33). The van der Waals surface area contributed by atoms with Crippen LogP contribution in [0.1, 0.15) is 70.9 Å². The van der Waals surface area contributed by atoms with Crippen LogP contribution < -0.4 is 10.6 Å². The highest BCUT2D eigenvalue weighted by Gasteiger charge is 2.21. The minimum absolute atomic E-state index is 0.167. The maximum Gasteiger partial charge on any atom is 0.268 e. The van der Waals surface area contributed by atoms with Gasteiger partial charge in [0.2, 0.25) is 0 Å². The summed E-state index contributed by atoms with van der Waals surface area (Å²) in [6.07, 6.45) is 5.85. The van der Waals surface area contributed by atoms with Crippen LogP contribution in [0.15, 0.2) is 47.8 Å². The summed E-state index contributed by atoms with van der Waals surface area (Å²) in [5.74, 6) is 0.637. The van der Waals surface area contributed by atoms with E-state index < -0.39 is 0 Å². The summed E-state index contributed by atoms with van der Waals surface area (Å²) in [4.78, 5) is 46.9. The van der Waals surface area contributed by atoms with E-state index in [1.807, 2.05) is 27.7 Å². The van der Waals surface area contributed by atoms with Crippen LogP contribution in [0.25, 0.3) is 0 Å². The molecular weight excluding hydrogens is 468 g/mol. The third-order valence-electron chi connectivity index (χ3n) is 4.98. The minimum atomic E-state index is -0.315. The van der Waals surface area contributed by atoms with E-state index in [1.165, 1.54) is 36.5 Å². The zero-order chi connectivity index (χ0) is 25.0. The molecule has 4 aromatic heterocycles. The van der Waals surface area contributed by atoms with E-state index in [4.69, 9.17) is 4.52 Å². The molecule has 2 N–H and O–H groups in total. The molecule has 1 unspecified atom stereocenters. The summed E-state index contributed by atoms with van der Waals surface area (Å²) >= 11 is 1.24. The van der Waals surface area contributed by atoms with Crippen molar-refractivity contribution in [3.05, 3.63) is 64.6 Å². The lowest BCUT2D eigenvalue weighted by molar-refractivity contribution is 0.0969. The number of ketones is 1. The predicted molar refractivity (Wildman–Crippen MR) is 130 cm³/mol. The first-order valence-electron chi connectivity index (χ1n) is 10.8. The molecule has 0 aromatic carbocycles. The molecule has 180 valence electrons. The molecule has 11 nitrogen and oxygen atoms in total. The van der Waals surface area contributed by atoms with E-state index in [2.05, 4.69) is 40.7 Å². The predicted octanol–water partition coefficient (Wildman–Crippen LogP) is 4.38. The van der Waals surface area contributed by atoms with Gasteiger partial charge in [-0.2, -0.15) is 0 Å². The molecule has 0 bridgehead atoms. The van der Waals surface area contributed by atoms with Gasteiger partial charge in [-0.1, -0.05) is 32.9 Å². The Kier molecular flexibility index (Phi) is 6.92. The van der Waals surface area contributed by atoms with Crippen molar-refractivity contribution in [2.24, 2.45) is 0 Å². The highest BCUT2D eigenvalue weighted by Crippen LogP contribution is 2.27. The van der Waals surface area contributed by atoms with Crippen molar-refractivity contribution >= 4 is 40.5 Å². The van der Waals surface area contributed by atoms with Crippen molar-refractivity contribution in [3.8, 4) is 0 Å². The number of rotatable bonds is 8. The third kappa shape index (κ3) is 6.09. The van der Waals surface area contributed by atoms with Gasteiger partial charge in [-0.3, -0.25) is 9.59 Å². The Morgan fingerprint density at radius 3 is 2.54 bits per heavy atom. The number of carbonyl (C=O) groups is 2. The largest absolute Gasteiger partial charge is 0.363 e. The monoisotopic (exact) mass is 492 g/mol. The van der Waals surface area contributed by atoms with Crippen molar-refractivity contribution < 1.29 is 14.1 Å². The zero-order valence-electron chi connectivity index (χ0n) is 19.6. The third-order valence-corrected chi connectivity index (χ3v) is 6.21. The summed E-state index contributed by atoms with van der Waals surface area (Å²) in [7, 11) is 0. The fourth-order valence-corrected chi connectivity index (χ4v) is 3.95. The van der Waals surface area contributed by atoms with E-state index >= 15 is 0 Å². The highest BCUT2D eigenvalue weighted by molar-refractivity contribution is 7.13. The molecule has 4 aromatic rings. The van der Waals surface area contributed by atoms with Crippen molar-refractivity contribution in [2.75, 3.05) is 10.6 Å². The molecule has 1 atom stereocenters. The van der Waals surface area contributed by atoms with Crippen molar-refractivity contribution in [3.63, 3.8) is 0 Å². The molecule has 4 rings (SSSR count). The number of thiazole rings is 1. The summed E-state index contributed by atoms with van der Waals surface area (Å²) < 4.78 is 4.77. The lowest BCUT2D eigenvalue weighted by Crippen LogP contribution is -2.16. The summed E-state index contributed by atoms with van der Waals surface area (Å²) in [6, 6.07) is 4.95. The fourth-order valence-electron chi connectivity index (χ4n) is 3.09. The van der Waals surface area contributed by atoms with E-state index in [0.29, 0.717) is 27.3 Å². The molecule has 0 spiro atoms. The summed E-state index contributed by atoms with van der Waals surface area (Å²) in [6.45, 7) is 7.99. The lowest BCUT2D eigenvalue weighted by atomic mass is 9.92. The molecule has 0 saturated heterocycles. The first-order valence-corrected chi connectivity index (χ1v) is 11.6. The van der Waals surface area contributed by atoms with Crippen LogP contribution in [0.2, 0.25) is 0 Å². The van der Waals surface area contributed by atoms with Crippen LogP contribution in [0.3, 0.4) is 0 Å². The molecule has 35 heavy (non-hydrogen) atoms. The summed E-state index contributed by atoms with van der Waals surface area (Å²) in [5, 5.41) is 10.2. The maximum atomic E-state index is 12.8. The van der Waals surface area contributed by atoms with E-state index in [0.717, 1.165) is 5.69 Å². The maximum absolute atomic E-state index is 12.8. The lowest BCUT2D eigenvalue weighted by Gasteiger charge is -2.17. The second-order valence-electron chi connectivity index (χ2n) is 8.88. The Hall–Kier alpha value is -4.06. The minimum Gasteiger partial charge on any atom is -0.363 e. The van der Waals surface area contributed by atoms with Gasteiger partial charge in [-0.25, -0.2) is 24.9 Å². The average molecular weight is 493 g/mol. The van der Waals surface area contributed by atoms with Gasteiger partial charge in [0.1, 0.15) is 41.1 Å². The second kappa shape index (κ2) is 10.1. The van der Waals surface area contributed by atoms with Gasteiger partial charge in [0.25, 0.3) is 5.91 Å². The molecule has 0 saturated carbocycles. The van der Waals surface area contributed by atoms with E-state index in [-0.39, 0.29) is 35.1 Å². The van der Waals surface area contributed by atoms with Crippen LogP contribution >= 0.6 is 11.3 Å². The van der Waals surface area contributed by atoms with E-state index in [9.17, 15) is 9.59 Å². The number of nitrogens with one attached hydrogen (secondary N) is 2. The van der Waals surface area contributed by atoms with Crippen LogP contribution in [0, 0.1) is 0 Å². The fraction of sp³-hybridized carbons (Fsp3) is 0.304. The SMILES string of the molecule is CC(CC(=O)c1cc(Nc2ccon2)ncn1)c1ncc(C(=O)Nc2cc(C(C)(C)C)ncn2)s1. The van der Waals surface area contributed by atoms with Gasteiger partial charge >= 0.3 is 0 Å². The van der Waals surface area contributed by atoms with Gasteiger partial charge in [0.05, 0.1) is 16.9 Å².